The highest BCUT2D eigenvalue weighted by atomic mass is 32.2. The molecule has 8 aliphatic heterocycles. The summed E-state index contributed by atoms with van der Waals surface area (Å²) in [6.45, 7) is 4.93. The van der Waals surface area contributed by atoms with Crippen molar-refractivity contribution in [1.29, 1.82) is 5.26 Å². The first-order chi connectivity index (χ1) is 27.5. The van der Waals surface area contributed by atoms with Crippen LogP contribution >= 0.6 is 11.8 Å². The van der Waals surface area contributed by atoms with Crippen molar-refractivity contribution < 1.29 is 43.5 Å². The van der Waals surface area contributed by atoms with Crippen LogP contribution in [0.25, 0.3) is 10.9 Å². The van der Waals surface area contributed by atoms with Gasteiger partial charge >= 0.3 is 11.9 Å². The highest BCUT2D eigenvalue weighted by Gasteiger charge is 2.64. The minimum atomic E-state index is -1.43. The first-order valence-corrected chi connectivity index (χ1v) is 20.2. The number of nitriles is 1. The zero-order chi connectivity index (χ0) is 39.7. The number of benzene rings is 3. The molecule has 0 aliphatic carbocycles. The second kappa shape index (κ2) is 12.8. The fourth-order valence-corrected chi connectivity index (χ4v) is 12.6. The summed E-state index contributed by atoms with van der Waals surface area (Å²) in [5, 5.41) is 38.2. The zero-order valence-corrected chi connectivity index (χ0v) is 33.0. The van der Waals surface area contributed by atoms with Crippen molar-refractivity contribution >= 4 is 34.6 Å². The molecule has 14 nitrogen and oxygen atoms in total. The number of fused-ring (bicyclic) bond motifs is 8. The fraction of sp³-hybridized carbons (Fsp3) is 0.452. The number of aliphatic hydroxyl groups is 1. The maximum Gasteiger partial charge on any atom is 0.333 e. The molecule has 2 fully saturated rings. The van der Waals surface area contributed by atoms with E-state index in [0.29, 0.717) is 63.9 Å². The van der Waals surface area contributed by atoms with Crippen LogP contribution in [0.1, 0.15) is 68.9 Å². The van der Waals surface area contributed by atoms with Gasteiger partial charge in [0.2, 0.25) is 6.79 Å². The predicted octanol–water partition coefficient (Wildman–Crippen LogP) is 4.12. The largest absolute Gasteiger partial charge is 0.504 e. The summed E-state index contributed by atoms with van der Waals surface area (Å²) < 4.78 is 30.8. The summed E-state index contributed by atoms with van der Waals surface area (Å²) in [5.74, 6) is 0.707. The number of hydrogen-bond acceptors (Lipinski definition) is 14. The van der Waals surface area contributed by atoms with Crippen LogP contribution in [0.4, 0.5) is 0 Å². The minimum absolute atomic E-state index is 0.0190. The monoisotopic (exact) mass is 793 g/mol. The SMILES string of the molecule is COc1c(C)cc2c(c1O)[C@H]1[C@@H]3[C@@H]4SC[C@]5(N[C@H](CO)Cc6c5[nH]c5ccccc65)C(=O)OC[C@@H](c5c6c(c(C)c(OC(C)=O)c54)OCO6)N3C(C#N)(C2)CN1C. The molecule has 2 unspecified atom stereocenters. The van der Waals surface area contributed by atoms with E-state index in [1.807, 2.05) is 51.2 Å². The molecule has 0 radical (unpaired) electrons. The van der Waals surface area contributed by atoms with Gasteiger partial charge in [0.1, 0.15) is 17.9 Å². The highest BCUT2D eigenvalue weighted by Crippen LogP contribution is 2.65. The van der Waals surface area contributed by atoms with Crippen LogP contribution in [0.2, 0.25) is 0 Å². The van der Waals surface area contributed by atoms with Crippen molar-refractivity contribution in [3.8, 4) is 34.8 Å². The fourth-order valence-electron chi connectivity index (χ4n) is 11.0. The summed E-state index contributed by atoms with van der Waals surface area (Å²) in [6.07, 6.45) is 0.769. The van der Waals surface area contributed by atoms with Gasteiger partial charge in [-0.25, -0.2) is 4.79 Å². The Bertz CT molecular complexity index is 2460. The van der Waals surface area contributed by atoms with E-state index in [2.05, 4.69) is 26.2 Å². The van der Waals surface area contributed by atoms with E-state index in [9.17, 15) is 20.3 Å². The molecule has 15 heteroatoms. The Balaban J connectivity index is 1.27. The second-order valence-electron chi connectivity index (χ2n) is 16.2. The van der Waals surface area contributed by atoms with Gasteiger partial charge in [0.15, 0.2) is 28.5 Å². The Morgan fingerprint density at radius 1 is 1.14 bits per heavy atom. The molecule has 4 aromatic rings. The molecule has 8 atom stereocenters. The molecular weight excluding hydrogens is 751 g/mol. The molecule has 12 rings (SSSR count). The number of H-pyrrole nitrogens is 1. The van der Waals surface area contributed by atoms with Crippen molar-refractivity contribution in [2.75, 3.05) is 46.5 Å². The molecule has 57 heavy (non-hydrogen) atoms. The van der Waals surface area contributed by atoms with Crippen LogP contribution in [0.15, 0.2) is 30.3 Å². The number of esters is 2. The van der Waals surface area contributed by atoms with Gasteiger partial charge < -0.3 is 38.9 Å². The quantitative estimate of drug-likeness (QED) is 0.172. The van der Waals surface area contributed by atoms with E-state index in [4.69, 9.17) is 23.7 Å². The van der Waals surface area contributed by atoms with Crippen LogP contribution in [0, 0.1) is 25.2 Å². The van der Waals surface area contributed by atoms with Gasteiger partial charge in [0, 0.05) is 70.9 Å². The number of aromatic nitrogens is 1. The number of carbonyl (C=O) groups is 2. The van der Waals surface area contributed by atoms with E-state index in [0.717, 1.165) is 27.6 Å². The van der Waals surface area contributed by atoms with Gasteiger partial charge in [0.25, 0.3) is 0 Å². The molecule has 2 saturated heterocycles. The summed E-state index contributed by atoms with van der Waals surface area (Å²) in [6, 6.07) is 10.3. The van der Waals surface area contributed by atoms with Crippen LogP contribution in [-0.2, 0) is 32.7 Å². The van der Waals surface area contributed by atoms with Crippen molar-refractivity contribution in [1.82, 2.24) is 20.1 Å². The van der Waals surface area contributed by atoms with Gasteiger partial charge in [-0.1, -0.05) is 24.3 Å². The van der Waals surface area contributed by atoms with Gasteiger partial charge in [-0.15, -0.1) is 11.8 Å². The Kier molecular flexibility index (Phi) is 8.14. The van der Waals surface area contributed by atoms with Gasteiger partial charge in [0.05, 0.1) is 42.8 Å². The van der Waals surface area contributed by atoms with Crippen molar-refractivity contribution in [2.45, 2.75) is 74.1 Å². The van der Waals surface area contributed by atoms with Gasteiger partial charge in [-0.3, -0.25) is 19.9 Å². The number of carbonyl (C=O) groups excluding carboxylic acids is 2. The Morgan fingerprint density at radius 3 is 2.68 bits per heavy atom. The first kappa shape index (κ1) is 36.4. The maximum atomic E-state index is 15.1. The molecule has 4 bridgehead atoms. The lowest BCUT2D eigenvalue weighted by molar-refractivity contribution is -0.159. The number of nitrogens with one attached hydrogen (secondary N) is 2. The van der Waals surface area contributed by atoms with Crippen molar-refractivity contribution in [2.24, 2.45) is 0 Å². The van der Waals surface area contributed by atoms with Crippen LogP contribution in [0.3, 0.4) is 0 Å². The number of thioether (sulfide) groups is 1. The number of aryl methyl sites for hydroxylation is 1. The van der Waals surface area contributed by atoms with Gasteiger partial charge in [-0.2, -0.15) is 5.26 Å². The molecule has 8 aliphatic rings. The van der Waals surface area contributed by atoms with E-state index in [-0.39, 0.29) is 37.9 Å². The average molecular weight is 794 g/mol. The normalized spacial score (nSPS) is 30.8. The number of aliphatic hydroxyl groups excluding tert-OH is 1. The van der Waals surface area contributed by atoms with E-state index in [1.165, 1.54) is 25.8 Å². The standard InChI is InChI=1S/C42H43N5O9S/c1-19-10-22-12-41(15-43)16-46(4)31(28(22)33(50)34(19)52-5)32-38-30-29(37-36(54-18-55-37)20(2)35(30)56-21(3)49)27(47(32)41)14-53-40(51)42(17-57-38)39-25(11-23(13-48)45-42)24-8-6-7-9-26(24)44-39/h6-10,23,27,31-32,38,44-45,48,50H,11-14,16-18H2,1-5H3/t23-,27-,31-,32+,38+,41?,42+/m0/s1. The Hall–Kier alpha value is -4.98. The van der Waals surface area contributed by atoms with Crippen molar-refractivity contribution in [3.05, 3.63) is 75.0 Å². The number of aromatic amines is 1. The second-order valence-corrected chi connectivity index (χ2v) is 17.3. The number of aromatic hydroxyl groups is 1. The third-order valence-corrected chi connectivity index (χ3v) is 14.5. The molecule has 0 saturated carbocycles. The summed E-state index contributed by atoms with van der Waals surface area (Å²) in [5.41, 5.74) is 4.05. The number of ether oxygens (including phenoxy) is 5. The summed E-state index contributed by atoms with van der Waals surface area (Å²) >= 11 is 1.49. The van der Waals surface area contributed by atoms with Crippen LogP contribution < -0.4 is 24.3 Å². The van der Waals surface area contributed by atoms with E-state index < -0.39 is 52.4 Å². The number of likely N-dealkylation sites (N-methyl/N-ethyl adjacent to an activating group) is 1. The Labute approximate surface area is 332 Å². The number of rotatable bonds is 3. The molecular formula is C42H43N5O9S. The predicted molar refractivity (Wildman–Crippen MR) is 208 cm³/mol. The lowest BCUT2D eigenvalue weighted by atomic mass is 9.76. The molecule has 1 spiro atoms. The third kappa shape index (κ3) is 4.85. The van der Waals surface area contributed by atoms with Crippen molar-refractivity contribution in [3.63, 3.8) is 0 Å². The van der Waals surface area contributed by atoms with E-state index in [1.54, 1.807) is 0 Å². The number of nitrogens with zero attached hydrogens (tertiary/aromatic N) is 3. The highest BCUT2D eigenvalue weighted by molar-refractivity contribution is 7.99. The number of hydrogen-bond donors (Lipinski definition) is 4. The molecule has 296 valence electrons. The van der Waals surface area contributed by atoms with Gasteiger partial charge in [-0.05, 0) is 50.1 Å². The smallest absolute Gasteiger partial charge is 0.333 e. The van der Waals surface area contributed by atoms with Crippen LogP contribution in [0.5, 0.6) is 28.7 Å². The first-order valence-electron chi connectivity index (χ1n) is 19.2. The number of para-hydroxylation sites is 1. The summed E-state index contributed by atoms with van der Waals surface area (Å²) in [4.78, 5) is 36.0. The topological polar surface area (TPSA) is 179 Å². The molecule has 1 aromatic heterocycles. The minimum Gasteiger partial charge on any atom is -0.504 e. The third-order valence-electron chi connectivity index (χ3n) is 13.0. The molecule has 3 aromatic carbocycles. The number of methoxy groups -OCH3 is 1. The number of piperazine rings is 1. The molecule has 0 amide bonds. The molecule has 4 N–H and O–H groups in total. The number of phenolic OH excluding ortho intramolecular Hbond substituents is 1. The summed E-state index contributed by atoms with van der Waals surface area (Å²) in [7, 11) is 3.50. The zero-order valence-electron chi connectivity index (χ0n) is 32.2. The lowest BCUT2D eigenvalue weighted by Gasteiger charge is -2.60. The lowest BCUT2D eigenvalue weighted by Crippen LogP contribution is -2.69. The Morgan fingerprint density at radius 2 is 1.93 bits per heavy atom. The molecule has 9 heterocycles. The number of phenols is 1. The maximum absolute atomic E-state index is 15.1. The van der Waals surface area contributed by atoms with E-state index >= 15 is 4.79 Å². The average Bonchev–Trinajstić information content (AvgIpc) is 3.78. The van der Waals surface area contributed by atoms with Crippen LogP contribution in [-0.4, -0.2) is 101 Å².